The van der Waals surface area contributed by atoms with Gasteiger partial charge in [-0.15, -0.1) is 23.2 Å². The van der Waals surface area contributed by atoms with E-state index in [9.17, 15) is 4.79 Å². The number of allylic oxidation sites excluding steroid dienone is 2. The van der Waals surface area contributed by atoms with Gasteiger partial charge in [-0.1, -0.05) is 46.4 Å². The van der Waals surface area contributed by atoms with Crippen LogP contribution in [0.5, 0.6) is 0 Å². The molecular formula is C14H12Cl6O2. The molecule has 2 nitrogen and oxygen atoms in total. The molecule has 0 aromatic rings. The zero-order chi connectivity index (χ0) is 16.2. The first-order chi connectivity index (χ1) is 10.1. The largest absolute Gasteiger partial charge is 0.462 e. The first kappa shape index (κ1) is 16.4. The Hall–Kier alpha value is 0.950. The molecular weight excluding hydrogens is 413 g/mol. The predicted molar refractivity (Wildman–Crippen MR) is 89.1 cm³/mol. The Balaban J connectivity index is 1.83. The molecule has 4 aliphatic rings. The molecule has 4 bridgehead atoms. The summed E-state index contributed by atoms with van der Waals surface area (Å²) >= 11 is 39.7. The van der Waals surface area contributed by atoms with Crippen molar-refractivity contribution in [2.75, 3.05) is 0 Å². The van der Waals surface area contributed by atoms with E-state index in [0.717, 1.165) is 12.8 Å². The maximum absolute atomic E-state index is 11.3. The first-order valence-corrected chi connectivity index (χ1v) is 9.34. The highest BCUT2D eigenvalue weighted by Gasteiger charge is 2.86. The van der Waals surface area contributed by atoms with Crippen molar-refractivity contribution in [2.24, 2.45) is 23.7 Å². The van der Waals surface area contributed by atoms with Gasteiger partial charge in [0.15, 0.2) is 4.33 Å². The summed E-state index contributed by atoms with van der Waals surface area (Å²) in [6.45, 7) is 1.40. The van der Waals surface area contributed by atoms with Crippen LogP contribution in [0, 0.1) is 23.7 Å². The third-order valence-electron chi connectivity index (χ3n) is 5.92. The fourth-order valence-corrected chi connectivity index (χ4v) is 8.49. The quantitative estimate of drug-likeness (QED) is 0.335. The highest BCUT2D eigenvalue weighted by molar-refractivity contribution is 6.65. The van der Waals surface area contributed by atoms with E-state index in [-0.39, 0.29) is 45.8 Å². The molecule has 0 unspecified atom stereocenters. The van der Waals surface area contributed by atoms with Crippen molar-refractivity contribution in [1.82, 2.24) is 0 Å². The summed E-state index contributed by atoms with van der Waals surface area (Å²) in [6.07, 6.45) is 1.42. The van der Waals surface area contributed by atoms with Crippen molar-refractivity contribution in [3.8, 4) is 0 Å². The van der Waals surface area contributed by atoms with Crippen LogP contribution in [0.2, 0.25) is 0 Å². The molecule has 8 heteroatoms. The second-order valence-corrected chi connectivity index (χ2v) is 10.00. The van der Waals surface area contributed by atoms with Crippen LogP contribution in [-0.2, 0) is 9.53 Å². The second-order valence-electron chi connectivity index (χ2n) is 6.72. The third-order valence-corrected chi connectivity index (χ3v) is 10.2. The van der Waals surface area contributed by atoms with Gasteiger partial charge in [0, 0.05) is 12.8 Å². The van der Waals surface area contributed by atoms with E-state index in [1.165, 1.54) is 6.92 Å². The maximum Gasteiger partial charge on any atom is 0.302 e. The Kier molecular flexibility index (Phi) is 3.41. The van der Waals surface area contributed by atoms with Crippen LogP contribution in [0.4, 0.5) is 0 Å². The fourth-order valence-electron chi connectivity index (χ4n) is 5.34. The van der Waals surface area contributed by atoms with E-state index in [0.29, 0.717) is 0 Å². The molecule has 3 saturated carbocycles. The minimum atomic E-state index is -1.49. The van der Waals surface area contributed by atoms with Crippen LogP contribution in [-0.4, -0.2) is 26.2 Å². The van der Waals surface area contributed by atoms with E-state index in [1.54, 1.807) is 0 Å². The molecule has 0 aromatic carbocycles. The standard InChI is InChI=1S/C14H12Cl6O2/c1-4(21)22-7-3-5-2-6(7)9-8(5)12(17)10(15)11(16)13(9,18)14(12,19)20/h5-9H,2-3H2,1H3/t5-,6-,7+,8+,9+,12-,13-/m0/s1. The molecule has 0 radical (unpaired) electrons. The molecule has 0 aromatic heterocycles. The summed E-state index contributed by atoms with van der Waals surface area (Å²) in [6, 6.07) is 0. The summed E-state index contributed by atoms with van der Waals surface area (Å²) in [5, 5.41) is 0.486. The van der Waals surface area contributed by atoms with Crippen molar-refractivity contribution in [1.29, 1.82) is 0 Å². The number of hydrogen-bond donors (Lipinski definition) is 0. The van der Waals surface area contributed by atoms with Crippen LogP contribution < -0.4 is 0 Å². The van der Waals surface area contributed by atoms with Crippen LogP contribution in [0.3, 0.4) is 0 Å². The van der Waals surface area contributed by atoms with Gasteiger partial charge in [-0.2, -0.15) is 0 Å². The van der Waals surface area contributed by atoms with E-state index < -0.39 is 14.1 Å². The van der Waals surface area contributed by atoms with Gasteiger partial charge in [-0.25, -0.2) is 0 Å². The van der Waals surface area contributed by atoms with Gasteiger partial charge in [0.2, 0.25) is 0 Å². The lowest BCUT2D eigenvalue weighted by molar-refractivity contribution is -0.150. The fraction of sp³-hybridized carbons (Fsp3) is 0.786. The van der Waals surface area contributed by atoms with Crippen LogP contribution in [0.15, 0.2) is 10.1 Å². The lowest BCUT2D eigenvalue weighted by atomic mass is 9.71. The smallest absolute Gasteiger partial charge is 0.302 e. The van der Waals surface area contributed by atoms with Crippen molar-refractivity contribution in [3.05, 3.63) is 10.1 Å². The molecule has 3 fully saturated rings. The summed E-state index contributed by atoms with van der Waals surface area (Å²) in [5.74, 6) is -0.252. The number of hydrogen-bond acceptors (Lipinski definition) is 2. The van der Waals surface area contributed by atoms with E-state index >= 15 is 0 Å². The molecule has 0 aliphatic heterocycles. The minimum Gasteiger partial charge on any atom is -0.462 e. The Morgan fingerprint density at radius 3 is 2.14 bits per heavy atom. The van der Waals surface area contributed by atoms with E-state index in [1.807, 2.05) is 0 Å². The number of rotatable bonds is 1. The number of esters is 1. The zero-order valence-electron chi connectivity index (χ0n) is 11.4. The predicted octanol–water partition coefficient (Wildman–Crippen LogP) is 5.04. The molecule has 0 spiro atoms. The van der Waals surface area contributed by atoms with Crippen LogP contribution >= 0.6 is 69.6 Å². The Morgan fingerprint density at radius 1 is 1.05 bits per heavy atom. The SMILES string of the molecule is CC(=O)O[C@@H]1C[C@@H]2C[C@@H]1[C@@H]1[C@@H]2[C@]2(Cl)C(Cl)=C(Cl)[C@]1(Cl)C2(Cl)Cl. The zero-order valence-corrected chi connectivity index (χ0v) is 15.9. The van der Waals surface area contributed by atoms with Gasteiger partial charge in [-0.3, -0.25) is 4.79 Å². The number of carbonyl (C=O) groups excluding carboxylic acids is 1. The third kappa shape index (κ3) is 1.48. The number of fused-ring (bicyclic) bond motifs is 9. The Morgan fingerprint density at radius 2 is 1.59 bits per heavy atom. The minimum absolute atomic E-state index is 0.0485. The lowest BCUT2D eigenvalue weighted by Crippen LogP contribution is -2.46. The lowest BCUT2D eigenvalue weighted by Gasteiger charge is -2.41. The Bertz CT molecular complexity index is 618. The molecule has 0 N–H and O–H groups in total. The molecule has 0 saturated heterocycles. The highest BCUT2D eigenvalue weighted by atomic mass is 35.5. The van der Waals surface area contributed by atoms with Crippen molar-refractivity contribution in [2.45, 2.75) is 40.0 Å². The summed E-state index contributed by atoms with van der Waals surface area (Å²) in [5.41, 5.74) is 0. The normalized spacial score (nSPS) is 54.0. The van der Waals surface area contributed by atoms with Gasteiger partial charge < -0.3 is 4.74 Å². The number of carbonyl (C=O) groups is 1. The second kappa shape index (κ2) is 4.56. The molecule has 4 aliphatic carbocycles. The van der Waals surface area contributed by atoms with Crippen molar-refractivity contribution in [3.63, 3.8) is 0 Å². The summed E-state index contributed by atoms with van der Waals surface area (Å²) in [4.78, 5) is 8.91. The molecule has 22 heavy (non-hydrogen) atoms. The van der Waals surface area contributed by atoms with E-state index in [4.69, 9.17) is 74.3 Å². The van der Waals surface area contributed by atoms with Gasteiger partial charge in [0.1, 0.15) is 15.9 Å². The Labute approximate surface area is 158 Å². The van der Waals surface area contributed by atoms with Crippen molar-refractivity contribution < 1.29 is 9.53 Å². The number of alkyl halides is 4. The average Bonchev–Trinajstić information content (AvgIpc) is 3.04. The van der Waals surface area contributed by atoms with Crippen molar-refractivity contribution >= 4 is 75.6 Å². The number of ether oxygens (including phenoxy) is 1. The van der Waals surface area contributed by atoms with E-state index in [2.05, 4.69) is 0 Å². The summed E-state index contributed by atoms with van der Waals surface area (Å²) < 4.78 is 3.96. The highest BCUT2D eigenvalue weighted by Crippen LogP contribution is 2.82. The molecule has 122 valence electrons. The molecule has 0 heterocycles. The van der Waals surface area contributed by atoms with Crippen LogP contribution in [0.25, 0.3) is 0 Å². The number of halogens is 6. The maximum atomic E-state index is 11.3. The first-order valence-electron chi connectivity index (χ1n) is 7.07. The molecule has 0 amide bonds. The van der Waals surface area contributed by atoms with Gasteiger partial charge in [-0.05, 0) is 30.6 Å². The van der Waals surface area contributed by atoms with Gasteiger partial charge in [0.25, 0.3) is 0 Å². The monoisotopic (exact) mass is 422 g/mol. The van der Waals surface area contributed by atoms with Gasteiger partial charge >= 0.3 is 5.97 Å². The topological polar surface area (TPSA) is 26.3 Å². The molecule has 4 rings (SSSR count). The summed E-state index contributed by atoms with van der Waals surface area (Å²) in [7, 11) is 0. The molecule has 7 atom stereocenters. The van der Waals surface area contributed by atoms with Crippen LogP contribution in [0.1, 0.15) is 19.8 Å². The average molecular weight is 425 g/mol. The van der Waals surface area contributed by atoms with Gasteiger partial charge in [0.05, 0.1) is 10.1 Å².